The van der Waals surface area contributed by atoms with Crippen LogP contribution in [0.25, 0.3) is 0 Å². The van der Waals surface area contributed by atoms with Crippen LogP contribution in [0.3, 0.4) is 0 Å². The van der Waals surface area contributed by atoms with Crippen LogP contribution in [-0.2, 0) is 0 Å². The lowest BCUT2D eigenvalue weighted by atomic mass is 10.2. The maximum atomic E-state index is 13.3. The number of ether oxygens (including phenoxy) is 1. The van der Waals surface area contributed by atoms with E-state index in [-0.39, 0.29) is 0 Å². The average Bonchev–Trinajstić information content (AvgIpc) is 2.29. The molecule has 0 saturated carbocycles. The van der Waals surface area contributed by atoms with Crippen LogP contribution in [-0.4, -0.2) is 0 Å². The topological polar surface area (TPSA) is 35.2 Å². The first kappa shape index (κ1) is 11.9. The molecule has 0 amide bonds. The number of halogens is 2. The highest BCUT2D eigenvalue weighted by molar-refractivity contribution is 9.10. The fourth-order valence-corrected chi connectivity index (χ4v) is 1.73. The molecule has 2 rings (SSSR count). The van der Waals surface area contributed by atoms with E-state index in [1.54, 1.807) is 0 Å². The summed E-state index contributed by atoms with van der Waals surface area (Å²) >= 11 is 3.06. The molecule has 4 heteroatoms. The SMILES string of the molecule is Cc1ccc(Oc2cc(F)c(Br)cc2N)cc1. The number of anilines is 1. The Hall–Kier alpha value is -1.55. The predicted molar refractivity (Wildman–Crippen MR) is 69.8 cm³/mol. The Kier molecular flexibility index (Phi) is 3.33. The molecule has 0 aromatic heterocycles. The van der Waals surface area contributed by atoms with Gasteiger partial charge in [-0.2, -0.15) is 0 Å². The summed E-state index contributed by atoms with van der Waals surface area (Å²) in [5.74, 6) is 0.542. The highest BCUT2D eigenvalue weighted by atomic mass is 79.9. The third kappa shape index (κ3) is 2.77. The molecule has 0 unspecified atom stereocenters. The largest absolute Gasteiger partial charge is 0.455 e. The lowest BCUT2D eigenvalue weighted by molar-refractivity contribution is 0.478. The van der Waals surface area contributed by atoms with Gasteiger partial charge in [-0.25, -0.2) is 4.39 Å². The van der Waals surface area contributed by atoms with Crippen molar-refractivity contribution in [2.24, 2.45) is 0 Å². The van der Waals surface area contributed by atoms with Gasteiger partial charge in [0.2, 0.25) is 0 Å². The van der Waals surface area contributed by atoms with E-state index in [1.165, 1.54) is 12.1 Å². The van der Waals surface area contributed by atoms with E-state index in [4.69, 9.17) is 10.5 Å². The Morgan fingerprint density at radius 3 is 2.47 bits per heavy atom. The Morgan fingerprint density at radius 1 is 1.18 bits per heavy atom. The van der Waals surface area contributed by atoms with Crippen LogP contribution in [0.1, 0.15) is 5.56 Å². The van der Waals surface area contributed by atoms with Gasteiger partial charge in [-0.1, -0.05) is 17.7 Å². The third-order valence-electron chi connectivity index (χ3n) is 2.30. The summed E-state index contributed by atoms with van der Waals surface area (Å²) in [7, 11) is 0. The second-order valence-corrected chi connectivity index (χ2v) is 4.57. The van der Waals surface area contributed by atoms with Gasteiger partial charge >= 0.3 is 0 Å². The molecule has 0 saturated heterocycles. The van der Waals surface area contributed by atoms with E-state index in [0.29, 0.717) is 21.7 Å². The van der Waals surface area contributed by atoms with E-state index in [2.05, 4.69) is 15.9 Å². The van der Waals surface area contributed by atoms with Gasteiger partial charge in [-0.05, 0) is 41.1 Å². The first-order valence-corrected chi connectivity index (χ1v) is 5.84. The molecule has 0 bridgehead atoms. The minimum atomic E-state index is -0.402. The van der Waals surface area contributed by atoms with Crippen LogP contribution in [0, 0.1) is 12.7 Å². The van der Waals surface area contributed by atoms with Crippen molar-refractivity contribution >= 4 is 21.6 Å². The summed E-state index contributed by atoms with van der Waals surface area (Å²) in [5, 5.41) is 0. The molecule has 2 aromatic rings. The zero-order valence-corrected chi connectivity index (χ0v) is 10.8. The van der Waals surface area contributed by atoms with Gasteiger partial charge in [-0.3, -0.25) is 0 Å². The second-order valence-electron chi connectivity index (χ2n) is 3.72. The number of nitrogen functional groups attached to an aromatic ring is 1. The normalized spacial score (nSPS) is 10.3. The summed E-state index contributed by atoms with van der Waals surface area (Å²) in [5.41, 5.74) is 7.27. The Morgan fingerprint density at radius 2 is 1.82 bits per heavy atom. The van der Waals surface area contributed by atoms with Gasteiger partial charge in [0, 0.05) is 6.07 Å². The number of benzene rings is 2. The van der Waals surface area contributed by atoms with Crippen molar-refractivity contribution in [1.29, 1.82) is 0 Å². The van der Waals surface area contributed by atoms with E-state index in [9.17, 15) is 4.39 Å². The van der Waals surface area contributed by atoms with Crippen LogP contribution < -0.4 is 10.5 Å². The number of hydrogen-bond donors (Lipinski definition) is 1. The predicted octanol–water partition coefficient (Wildman–Crippen LogP) is 4.27. The number of rotatable bonds is 2. The highest BCUT2D eigenvalue weighted by Crippen LogP contribution is 2.31. The molecule has 0 aliphatic heterocycles. The maximum Gasteiger partial charge on any atom is 0.153 e. The molecular formula is C13H11BrFNO. The van der Waals surface area contributed by atoms with Gasteiger partial charge in [0.25, 0.3) is 0 Å². The zero-order valence-electron chi connectivity index (χ0n) is 9.21. The van der Waals surface area contributed by atoms with E-state index < -0.39 is 5.82 Å². The Bertz CT molecular complexity index is 540. The Labute approximate surface area is 107 Å². The fraction of sp³-hybridized carbons (Fsp3) is 0.0769. The molecule has 2 N–H and O–H groups in total. The number of nitrogens with two attached hydrogens (primary N) is 1. The van der Waals surface area contributed by atoms with Gasteiger partial charge in [0.15, 0.2) is 5.75 Å². The second kappa shape index (κ2) is 4.75. The lowest BCUT2D eigenvalue weighted by Gasteiger charge is -2.09. The Balaban J connectivity index is 2.30. The lowest BCUT2D eigenvalue weighted by Crippen LogP contribution is -1.94. The molecule has 0 spiro atoms. The first-order valence-electron chi connectivity index (χ1n) is 5.05. The summed E-state index contributed by atoms with van der Waals surface area (Å²) in [6, 6.07) is 10.2. The van der Waals surface area contributed by atoms with Crippen molar-refractivity contribution in [2.45, 2.75) is 6.92 Å². The highest BCUT2D eigenvalue weighted by Gasteiger charge is 2.07. The van der Waals surface area contributed by atoms with E-state index in [0.717, 1.165) is 5.56 Å². The zero-order chi connectivity index (χ0) is 12.4. The van der Waals surface area contributed by atoms with Crippen molar-refractivity contribution in [3.63, 3.8) is 0 Å². The molecule has 0 atom stereocenters. The molecular weight excluding hydrogens is 285 g/mol. The maximum absolute atomic E-state index is 13.3. The molecule has 2 nitrogen and oxygen atoms in total. The minimum absolute atomic E-state index is 0.314. The molecule has 88 valence electrons. The van der Waals surface area contributed by atoms with Crippen LogP contribution in [0.2, 0.25) is 0 Å². The van der Waals surface area contributed by atoms with Gasteiger partial charge in [0.1, 0.15) is 11.6 Å². The number of aryl methyl sites for hydroxylation is 1. The van der Waals surface area contributed by atoms with Gasteiger partial charge in [0.05, 0.1) is 10.2 Å². The summed E-state index contributed by atoms with van der Waals surface area (Å²) < 4.78 is 19.2. The van der Waals surface area contributed by atoms with Crippen molar-refractivity contribution in [1.82, 2.24) is 0 Å². The third-order valence-corrected chi connectivity index (χ3v) is 2.91. The van der Waals surface area contributed by atoms with Crippen molar-refractivity contribution in [3.8, 4) is 11.5 Å². The first-order chi connectivity index (χ1) is 8.06. The molecule has 17 heavy (non-hydrogen) atoms. The summed E-state index contributed by atoms with van der Waals surface area (Å²) in [6.07, 6.45) is 0. The molecule has 2 aromatic carbocycles. The monoisotopic (exact) mass is 295 g/mol. The smallest absolute Gasteiger partial charge is 0.153 e. The van der Waals surface area contributed by atoms with Crippen molar-refractivity contribution < 1.29 is 9.13 Å². The van der Waals surface area contributed by atoms with E-state index in [1.807, 2.05) is 31.2 Å². The molecule has 0 aliphatic rings. The van der Waals surface area contributed by atoms with Crippen LogP contribution in [0.5, 0.6) is 11.5 Å². The summed E-state index contributed by atoms with van der Waals surface area (Å²) in [4.78, 5) is 0. The van der Waals surface area contributed by atoms with Crippen LogP contribution in [0.4, 0.5) is 10.1 Å². The molecule has 0 fully saturated rings. The van der Waals surface area contributed by atoms with Gasteiger partial charge < -0.3 is 10.5 Å². The van der Waals surface area contributed by atoms with Crippen molar-refractivity contribution in [2.75, 3.05) is 5.73 Å². The van der Waals surface area contributed by atoms with Crippen molar-refractivity contribution in [3.05, 3.63) is 52.3 Å². The number of hydrogen-bond acceptors (Lipinski definition) is 2. The average molecular weight is 296 g/mol. The van der Waals surface area contributed by atoms with Crippen LogP contribution >= 0.6 is 15.9 Å². The fourth-order valence-electron chi connectivity index (χ4n) is 1.37. The minimum Gasteiger partial charge on any atom is -0.455 e. The summed E-state index contributed by atoms with van der Waals surface area (Å²) in [6.45, 7) is 1.98. The quantitative estimate of drug-likeness (QED) is 0.840. The molecule has 0 radical (unpaired) electrons. The molecule has 0 heterocycles. The standard InChI is InChI=1S/C13H11BrFNO/c1-8-2-4-9(5-3-8)17-13-7-11(15)10(14)6-12(13)16/h2-7H,16H2,1H3. The van der Waals surface area contributed by atoms with E-state index >= 15 is 0 Å². The van der Waals surface area contributed by atoms with Gasteiger partial charge in [-0.15, -0.1) is 0 Å². The van der Waals surface area contributed by atoms with Crippen LogP contribution in [0.15, 0.2) is 40.9 Å². The molecule has 0 aliphatic carbocycles.